The molecule has 1 N–H and O–H groups in total. The number of nitrogens with zero attached hydrogens (tertiary/aromatic N) is 2. The molecular weight excluding hydrogens is 342 g/mol. The molecule has 2 heterocycles. The number of piperidine rings is 1. The van der Waals surface area contributed by atoms with E-state index in [-0.39, 0.29) is 29.6 Å². The number of ketones is 1. The third-order valence-corrected chi connectivity index (χ3v) is 5.12. The van der Waals surface area contributed by atoms with Crippen molar-refractivity contribution in [2.75, 3.05) is 13.1 Å². The molecule has 1 amide bonds. The molecule has 2 aromatic rings. The zero-order chi connectivity index (χ0) is 19.4. The Kier molecular flexibility index (Phi) is 5.84. The summed E-state index contributed by atoms with van der Waals surface area (Å²) in [6.45, 7) is 4.52. The summed E-state index contributed by atoms with van der Waals surface area (Å²) in [4.78, 5) is 46.1. The number of carbonyl (C=O) groups excluding carboxylic acids is 2. The number of H-pyrrole nitrogens is 1. The van der Waals surface area contributed by atoms with E-state index in [0.717, 1.165) is 18.4 Å². The Hall–Kier alpha value is -2.76. The van der Waals surface area contributed by atoms with E-state index >= 15 is 0 Å². The molecule has 1 aliphatic heterocycles. The first-order chi connectivity index (χ1) is 12.9. The van der Waals surface area contributed by atoms with Crippen molar-refractivity contribution in [2.45, 2.75) is 39.5 Å². The van der Waals surface area contributed by atoms with Crippen molar-refractivity contribution < 1.29 is 9.59 Å². The summed E-state index contributed by atoms with van der Waals surface area (Å²) in [7, 11) is 0. The molecule has 1 saturated heterocycles. The fourth-order valence-electron chi connectivity index (χ4n) is 3.63. The Bertz CT molecular complexity index is 889. The minimum atomic E-state index is -0.262. The van der Waals surface area contributed by atoms with Crippen LogP contribution in [0.1, 0.15) is 35.5 Å². The van der Waals surface area contributed by atoms with Gasteiger partial charge in [-0.05, 0) is 32.3 Å². The SMILES string of the molecule is Cc1nc(C)c(CC(=O)N2CCC[C@H](C(=O)Cc3ccccc3)C2)c(=O)[nH]1. The quantitative estimate of drug-likeness (QED) is 0.876. The Balaban J connectivity index is 1.64. The van der Waals surface area contributed by atoms with Gasteiger partial charge in [0, 0.05) is 36.7 Å². The van der Waals surface area contributed by atoms with Crippen LogP contribution in [0.2, 0.25) is 0 Å². The van der Waals surface area contributed by atoms with E-state index in [9.17, 15) is 14.4 Å². The minimum absolute atomic E-state index is 0.0219. The standard InChI is InChI=1S/C21H25N3O3/c1-14-18(21(27)23-15(2)22-14)12-20(26)24-10-6-9-17(13-24)19(25)11-16-7-4-3-5-8-16/h3-5,7-8,17H,6,9-13H2,1-2H3,(H,22,23,27)/t17-/m0/s1. The summed E-state index contributed by atoms with van der Waals surface area (Å²) in [6.07, 6.45) is 2.03. The van der Waals surface area contributed by atoms with E-state index in [4.69, 9.17) is 0 Å². The molecule has 0 bridgehead atoms. The van der Waals surface area contributed by atoms with Crippen LogP contribution >= 0.6 is 0 Å². The number of aromatic nitrogens is 2. The normalized spacial score (nSPS) is 17.0. The highest BCUT2D eigenvalue weighted by Crippen LogP contribution is 2.20. The highest BCUT2D eigenvalue weighted by Gasteiger charge is 2.28. The zero-order valence-corrected chi connectivity index (χ0v) is 15.8. The van der Waals surface area contributed by atoms with Crippen LogP contribution in [0.3, 0.4) is 0 Å². The Morgan fingerprint density at radius 3 is 2.63 bits per heavy atom. The first-order valence-electron chi connectivity index (χ1n) is 9.35. The van der Waals surface area contributed by atoms with Crippen LogP contribution in [0, 0.1) is 19.8 Å². The molecule has 142 valence electrons. The molecule has 27 heavy (non-hydrogen) atoms. The minimum Gasteiger partial charge on any atom is -0.342 e. The van der Waals surface area contributed by atoms with Crippen molar-refractivity contribution in [3.63, 3.8) is 0 Å². The average molecular weight is 367 g/mol. The first kappa shape index (κ1) is 19.0. The number of benzene rings is 1. The van der Waals surface area contributed by atoms with Crippen molar-refractivity contribution >= 4 is 11.7 Å². The second-order valence-electron chi connectivity index (χ2n) is 7.20. The third kappa shape index (κ3) is 4.70. The molecule has 1 aromatic heterocycles. The zero-order valence-electron chi connectivity index (χ0n) is 15.8. The van der Waals surface area contributed by atoms with Crippen LogP contribution in [0.4, 0.5) is 0 Å². The van der Waals surface area contributed by atoms with Gasteiger partial charge in [0.15, 0.2) is 0 Å². The summed E-state index contributed by atoms with van der Waals surface area (Å²) in [5, 5.41) is 0. The van der Waals surface area contributed by atoms with Crippen LogP contribution in [0.15, 0.2) is 35.1 Å². The second kappa shape index (κ2) is 8.29. The van der Waals surface area contributed by atoms with Gasteiger partial charge in [0.2, 0.25) is 5.91 Å². The van der Waals surface area contributed by atoms with Crippen LogP contribution < -0.4 is 5.56 Å². The summed E-state index contributed by atoms with van der Waals surface area (Å²) in [5.74, 6) is 0.452. The van der Waals surface area contributed by atoms with Gasteiger partial charge in [-0.2, -0.15) is 0 Å². The summed E-state index contributed by atoms with van der Waals surface area (Å²) >= 11 is 0. The predicted molar refractivity (Wildman–Crippen MR) is 102 cm³/mol. The fraction of sp³-hybridized carbons (Fsp3) is 0.429. The van der Waals surface area contributed by atoms with Crippen LogP contribution in [-0.4, -0.2) is 39.6 Å². The number of hydrogen-bond donors (Lipinski definition) is 1. The molecule has 3 rings (SSSR count). The highest BCUT2D eigenvalue weighted by molar-refractivity contribution is 5.85. The molecule has 0 aliphatic carbocycles. The van der Waals surface area contributed by atoms with Gasteiger partial charge in [-0.3, -0.25) is 14.4 Å². The van der Waals surface area contributed by atoms with E-state index in [1.54, 1.807) is 18.7 Å². The highest BCUT2D eigenvalue weighted by atomic mass is 16.2. The van der Waals surface area contributed by atoms with E-state index in [1.807, 2.05) is 30.3 Å². The molecule has 0 radical (unpaired) electrons. The molecule has 1 aliphatic rings. The Labute approximate surface area is 158 Å². The van der Waals surface area contributed by atoms with Crippen molar-refractivity contribution in [1.29, 1.82) is 0 Å². The number of nitrogens with one attached hydrogen (secondary N) is 1. The maximum atomic E-state index is 12.7. The lowest BCUT2D eigenvalue weighted by Crippen LogP contribution is -2.44. The molecule has 1 atom stereocenters. The topological polar surface area (TPSA) is 83.1 Å². The summed E-state index contributed by atoms with van der Waals surface area (Å²) < 4.78 is 0. The van der Waals surface area contributed by atoms with Crippen molar-refractivity contribution in [1.82, 2.24) is 14.9 Å². The van der Waals surface area contributed by atoms with Crippen LogP contribution in [0.25, 0.3) is 0 Å². The van der Waals surface area contributed by atoms with Crippen LogP contribution in [0.5, 0.6) is 0 Å². The number of hydrogen-bond acceptors (Lipinski definition) is 4. The van der Waals surface area contributed by atoms with Gasteiger partial charge in [-0.1, -0.05) is 30.3 Å². The summed E-state index contributed by atoms with van der Waals surface area (Å²) in [6, 6.07) is 9.67. The largest absolute Gasteiger partial charge is 0.342 e. The number of amides is 1. The lowest BCUT2D eigenvalue weighted by Gasteiger charge is -2.32. The van der Waals surface area contributed by atoms with Gasteiger partial charge in [0.05, 0.1) is 6.42 Å². The predicted octanol–water partition coefficient (Wildman–Crippen LogP) is 1.98. The molecule has 1 fully saturated rings. The van der Waals surface area contributed by atoms with Crippen molar-refractivity contribution in [3.8, 4) is 0 Å². The smallest absolute Gasteiger partial charge is 0.254 e. The van der Waals surface area contributed by atoms with E-state index in [1.165, 1.54) is 0 Å². The Morgan fingerprint density at radius 1 is 1.19 bits per heavy atom. The number of aryl methyl sites for hydroxylation is 2. The first-order valence-corrected chi connectivity index (χ1v) is 9.35. The monoisotopic (exact) mass is 367 g/mol. The van der Waals surface area contributed by atoms with Gasteiger partial charge in [-0.25, -0.2) is 4.98 Å². The average Bonchev–Trinajstić information content (AvgIpc) is 2.65. The number of carbonyl (C=O) groups is 2. The number of Topliss-reactive ketones (excluding diaryl/α,β-unsaturated/α-hetero) is 1. The molecule has 0 saturated carbocycles. The van der Waals surface area contributed by atoms with Gasteiger partial charge >= 0.3 is 0 Å². The third-order valence-electron chi connectivity index (χ3n) is 5.12. The van der Waals surface area contributed by atoms with Gasteiger partial charge in [0.1, 0.15) is 11.6 Å². The molecular formula is C21H25N3O3. The van der Waals surface area contributed by atoms with Gasteiger partial charge in [-0.15, -0.1) is 0 Å². The van der Waals surface area contributed by atoms with Crippen molar-refractivity contribution in [2.24, 2.45) is 5.92 Å². The second-order valence-corrected chi connectivity index (χ2v) is 7.20. The Morgan fingerprint density at radius 2 is 1.93 bits per heavy atom. The van der Waals surface area contributed by atoms with E-state index < -0.39 is 0 Å². The molecule has 0 unspecified atom stereocenters. The molecule has 6 heteroatoms. The number of likely N-dealkylation sites (tertiary alicyclic amines) is 1. The van der Waals surface area contributed by atoms with Gasteiger partial charge in [0.25, 0.3) is 5.56 Å². The molecule has 0 spiro atoms. The molecule has 6 nitrogen and oxygen atoms in total. The summed E-state index contributed by atoms with van der Waals surface area (Å²) in [5.41, 5.74) is 1.72. The molecule has 1 aromatic carbocycles. The fourth-order valence-corrected chi connectivity index (χ4v) is 3.63. The maximum absolute atomic E-state index is 12.7. The van der Waals surface area contributed by atoms with Crippen LogP contribution in [-0.2, 0) is 22.4 Å². The maximum Gasteiger partial charge on any atom is 0.254 e. The van der Waals surface area contributed by atoms with Crippen molar-refractivity contribution in [3.05, 3.63) is 63.3 Å². The lowest BCUT2D eigenvalue weighted by atomic mass is 9.90. The number of aromatic amines is 1. The van der Waals surface area contributed by atoms with E-state index in [0.29, 0.717) is 36.6 Å². The van der Waals surface area contributed by atoms with E-state index in [2.05, 4.69) is 9.97 Å². The van der Waals surface area contributed by atoms with Gasteiger partial charge < -0.3 is 9.88 Å². The lowest BCUT2D eigenvalue weighted by molar-refractivity contribution is -0.134. The number of rotatable bonds is 5.